The SMILES string of the molecule is N#CCN(CC#N)C(=O)c1cc(Cl)ncc1N. The summed E-state index contributed by atoms with van der Waals surface area (Å²) in [7, 11) is 0. The third-order valence-electron chi connectivity index (χ3n) is 1.94. The van der Waals surface area contributed by atoms with Gasteiger partial charge in [0.05, 0.1) is 29.6 Å². The number of nitrogens with zero attached hydrogens (tertiary/aromatic N) is 4. The second-order valence-corrected chi connectivity index (χ2v) is 3.46. The van der Waals surface area contributed by atoms with Gasteiger partial charge in [-0.15, -0.1) is 0 Å². The quantitative estimate of drug-likeness (QED) is 0.630. The molecule has 86 valence electrons. The fourth-order valence-electron chi connectivity index (χ4n) is 1.17. The number of rotatable bonds is 3. The highest BCUT2D eigenvalue weighted by Gasteiger charge is 2.18. The van der Waals surface area contributed by atoms with E-state index in [0.717, 1.165) is 4.90 Å². The Labute approximate surface area is 103 Å². The smallest absolute Gasteiger partial charge is 0.257 e. The van der Waals surface area contributed by atoms with Gasteiger partial charge in [0.15, 0.2) is 0 Å². The van der Waals surface area contributed by atoms with E-state index in [-0.39, 0.29) is 29.5 Å². The Morgan fingerprint density at radius 1 is 1.47 bits per heavy atom. The van der Waals surface area contributed by atoms with Crippen molar-refractivity contribution in [1.29, 1.82) is 10.5 Å². The van der Waals surface area contributed by atoms with Crippen LogP contribution in [-0.2, 0) is 0 Å². The zero-order valence-corrected chi connectivity index (χ0v) is 9.48. The van der Waals surface area contributed by atoms with Crippen molar-refractivity contribution >= 4 is 23.2 Å². The van der Waals surface area contributed by atoms with Crippen LogP contribution >= 0.6 is 11.6 Å². The molecule has 7 heteroatoms. The van der Waals surface area contributed by atoms with Crippen LogP contribution in [0.3, 0.4) is 0 Å². The Kier molecular flexibility index (Phi) is 4.27. The number of halogens is 1. The molecule has 0 aliphatic heterocycles. The van der Waals surface area contributed by atoms with E-state index in [1.807, 2.05) is 0 Å². The lowest BCUT2D eigenvalue weighted by Gasteiger charge is -2.16. The number of pyridine rings is 1. The molecule has 2 N–H and O–H groups in total. The van der Waals surface area contributed by atoms with Crippen LogP contribution in [0.15, 0.2) is 12.3 Å². The van der Waals surface area contributed by atoms with Crippen molar-refractivity contribution < 1.29 is 4.79 Å². The summed E-state index contributed by atoms with van der Waals surface area (Å²) >= 11 is 5.65. The molecular formula is C10H8ClN5O. The number of nitriles is 2. The Balaban J connectivity index is 3.06. The van der Waals surface area contributed by atoms with Crippen LogP contribution in [0.25, 0.3) is 0 Å². The number of amides is 1. The predicted molar refractivity (Wildman–Crippen MR) is 60.8 cm³/mol. The number of aromatic nitrogens is 1. The van der Waals surface area contributed by atoms with Crippen molar-refractivity contribution in [3.05, 3.63) is 23.0 Å². The van der Waals surface area contributed by atoms with Crippen LogP contribution in [0.4, 0.5) is 5.69 Å². The molecule has 6 nitrogen and oxygen atoms in total. The Morgan fingerprint density at radius 3 is 2.59 bits per heavy atom. The molecule has 0 saturated carbocycles. The molecule has 0 spiro atoms. The first kappa shape index (κ1) is 12.8. The Morgan fingerprint density at radius 2 is 2.06 bits per heavy atom. The summed E-state index contributed by atoms with van der Waals surface area (Å²) < 4.78 is 0. The van der Waals surface area contributed by atoms with Crippen LogP contribution in [0.5, 0.6) is 0 Å². The molecule has 0 aliphatic carbocycles. The van der Waals surface area contributed by atoms with E-state index >= 15 is 0 Å². The third kappa shape index (κ3) is 3.07. The summed E-state index contributed by atoms with van der Waals surface area (Å²) in [6.45, 7) is -0.377. The van der Waals surface area contributed by atoms with E-state index in [2.05, 4.69) is 4.98 Å². The molecule has 0 fully saturated rings. The van der Waals surface area contributed by atoms with Crippen LogP contribution < -0.4 is 5.73 Å². The van der Waals surface area contributed by atoms with Gasteiger partial charge in [0, 0.05) is 0 Å². The summed E-state index contributed by atoms with van der Waals surface area (Å²) in [4.78, 5) is 16.7. The monoisotopic (exact) mass is 249 g/mol. The van der Waals surface area contributed by atoms with E-state index in [9.17, 15) is 4.79 Å². The largest absolute Gasteiger partial charge is 0.397 e. The van der Waals surface area contributed by atoms with Gasteiger partial charge in [0.2, 0.25) is 0 Å². The topological polar surface area (TPSA) is 107 Å². The molecule has 1 heterocycles. The summed E-state index contributed by atoms with van der Waals surface area (Å²) in [6, 6.07) is 4.91. The van der Waals surface area contributed by atoms with Crippen LogP contribution in [-0.4, -0.2) is 28.9 Å². The lowest BCUT2D eigenvalue weighted by molar-refractivity contribution is 0.0795. The molecule has 0 saturated heterocycles. The molecule has 0 atom stereocenters. The van der Waals surface area contributed by atoms with Crippen molar-refractivity contribution in [1.82, 2.24) is 9.88 Å². The summed E-state index contributed by atoms with van der Waals surface area (Å²) in [5.74, 6) is -0.519. The van der Waals surface area contributed by atoms with Crippen LogP contribution in [0, 0.1) is 22.7 Å². The molecule has 0 aliphatic rings. The van der Waals surface area contributed by atoms with Gasteiger partial charge in [-0.1, -0.05) is 11.6 Å². The van der Waals surface area contributed by atoms with Crippen molar-refractivity contribution in [3.8, 4) is 12.1 Å². The maximum absolute atomic E-state index is 12.0. The number of anilines is 1. The van der Waals surface area contributed by atoms with E-state index in [4.69, 9.17) is 27.9 Å². The summed E-state index contributed by atoms with van der Waals surface area (Å²) in [5.41, 5.74) is 5.87. The fourth-order valence-corrected chi connectivity index (χ4v) is 1.32. The Hall–Kier alpha value is -2.31. The van der Waals surface area contributed by atoms with Gasteiger partial charge >= 0.3 is 0 Å². The van der Waals surface area contributed by atoms with Gasteiger partial charge < -0.3 is 10.6 Å². The standard InChI is InChI=1S/C10H8ClN5O/c11-9-5-7(8(14)6-15-9)10(17)16(3-1-12)4-2-13/h5-6H,3-4,14H2. The number of nitrogens with two attached hydrogens (primary N) is 1. The highest BCUT2D eigenvalue weighted by atomic mass is 35.5. The zero-order chi connectivity index (χ0) is 12.8. The average Bonchev–Trinajstić information content (AvgIpc) is 2.31. The first-order valence-electron chi connectivity index (χ1n) is 4.54. The number of nitrogen functional groups attached to an aromatic ring is 1. The minimum atomic E-state index is -0.519. The van der Waals surface area contributed by atoms with E-state index in [1.54, 1.807) is 12.1 Å². The van der Waals surface area contributed by atoms with E-state index in [0.29, 0.717) is 0 Å². The van der Waals surface area contributed by atoms with Crippen LogP contribution in [0.2, 0.25) is 5.15 Å². The highest BCUT2D eigenvalue weighted by molar-refractivity contribution is 6.29. The van der Waals surface area contributed by atoms with E-state index in [1.165, 1.54) is 12.3 Å². The van der Waals surface area contributed by atoms with Crippen molar-refractivity contribution in [2.75, 3.05) is 18.8 Å². The molecule has 1 aromatic rings. The number of carbonyl (C=O) groups excluding carboxylic acids is 1. The van der Waals surface area contributed by atoms with Gasteiger partial charge in [0.25, 0.3) is 5.91 Å². The van der Waals surface area contributed by atoms with Gasteiger partial charge in [0.1, 0.15) is 18.2 Å². The highest BCUT2D eigenvalue weighted by Crippen LogP contribution is 2.16. The number of carbonyl (C=O) groups is 1. The molecule has 0 aromatic carbocycles. The van der Waals surface area contributed by atoms with Gasteiger partial charge in [-0.05, 0) is 6.07 Å². The summed E-state index contributed by atoms with van der Waals surface area (Å²) in [5, 5.41) is 17.2. The first-order chi connectivity index (χ1) is 8.10. The maximum Gasteiger partial charge on any atom is 0.257 e. The molecular weight excluding hydrogens is 242 g/mol. The molecule has 1 aromatic heterocycles. The minimum Gasteiger partial charge on any atom is -0.397 e. The van der Waals surface area contributed by atoms with Gasteiger partial charge in [-0.3, -0.25) is 4.79 Å². The lowest BCUT2D eigenvalue weighted by Crippen LogP contribution is -2.32. The number of hydrogen-bond donors (Lipinski definition) is 1. The number of hydrogen-bond acceptors (Lipinski definition) is 5. The first-order valence-corrected chi connectivity index (χ1v) is 4.92. The molecule has 0 radical (unpaired) electrons. The van der Waals surface area contributed by atoms with Crippen LogP contribution in [0.1, 0.15) is 10.4 Å². The maximum atomic E-state index is 12.0. The normalized spacial score (nSPS) is 9.12. The third-order valence-corrected chi connectivity index (χ3v) is 2.15. The lowest BCUT2D eigenvalue weighted by atomic mass is 10.2. The van der Waals surface area contributed by atoms with Crippen molar-refractivity contribution in [2.24, 2.45) is 0 Å². The predicted octanol–water partition coefficient (Wildman–Crippen LogP) is 0.807. The second kappa shape index (κ2) is 5.69. The van der Waals surface area contributed by atoms with Crippen molar-refractivity contribution in [3.63, 3.8) is 0 Å². The molecule has 0 unspecified atom stereocenters. The summed E-state index contributed by atoms with van der Waals surface area (Å²) in [6.07, 6.45) is 1.26. The van der Waals surface area contributed by atoms with Crippen molar-refractivity contribution in [2.45, 2.75) is 0 Å². The average molecular weight is 250 g/mol. The fraction of sp³-hybridized carbons (Fsp3) is 0.200. The second-order valence-electron chi connectivity index (χ2n) is 3.07. The van der Waals surface area contributed by atoms with Gasteiger partial charge in [-0.2, -0.15) is 10.5 Å². The molecule has 1 rings (SSSR count). The van der Waals surface area contributed by atoms with E-state index < -0.39 is 5.91 Å². The molecule has 1 amide bonds. The van der Waals surface area contributed by atoms with Gasteiger partial charge in [-0.25, -0.2) is 4.98 Å². The minimum absolute atomic E-state index is 0.122. The Bertz CT molecular complexity index is 500. The molecule has 0 bridgehead atoms. The molecule has 17 heavy (non-hydrogen) atoms. The zero-order valence-electron chi connectivity index (χ0n) is 8.72.